The molecule has 3 nitrogen and oxygen atoms in total. The maximum atomic E-state index is 12.4. The van der Waals surface area contributed by atoms with Gasteiger partial charge in [-0.2, -0.15) is 0 Å². The van der Waals surface area contributed by atoms with Gasteiger partial charge in [0.05, 0.1) is 10.6 Å². The van der Waals surface area contributed by atoms with Gasteiger partial charge in [0.15, 0.2) is 0 Å². The van der Waals surface area contributed by atoms with Crippen LogP contribution < -0.4 is 0 Å². The average Bonchev–Trinajstić information content (AvgIpc) is 2.40. The average molecular weight is 269 g/mol. The summed E-state index contributed by atoms with van der Waals surface area (Å²) in [6, 6.07) is 1.65. The van der Waals surface area contributed by atoms with Crippen LogP contribution in [0.2, 0.25) is 5.02 Å². The number of amides is 1. The number of hydrogen-bond donors (Lipinski definition) is 0. The van der Waals surface area contributed by atoms with Crippen molar-refractivity contribution >= 4 is 17.5 Å². The molecule has 0 bridgehead atoms. The van der Waals surface area contributed by atoms with Gasteiger partial charge in [-0.05, 0) is 18.9 Å². The molecule has 0 aliphatic carbocycles. The first-order valence-corrected chi connectivity index (χ1v) is 6.90. The summed E-state index contributed by atoms with van der Waals surface area (Å²) in [6.45, 7) is 7.78. The van der Waals surface area contributed by atoms with Crippen LogP contribution in [0.1, 0.15) is 44.0 Å². The van der Waals surface area contributed by atoms with Crippen LogP contribution in [-0.4, -0.2) is 28.9 Å². The molecule has 1 aromatic heterocycles. The van der Waals surface area contributed by atoms with E-state index >= 15 is 0 Å². The third kappa shape index (κ3) is 3.70. The van der Waals surface area contributed by atoms with Crippen molar-refractivity contribution in [1.29, 1.82) is 0 Å². The lowest BCUT2D eigenvalue weighted by molar-refractivity contribution is 0.0734. The Morgan fingerprint density at radius 1 is 1.39 bits per heavy atom. The number of nitrogens with zero attached hydrogens (tertiary/aromatic N) is 2. The standard InChI is InChI=1S/C14H21ClN2O/c1-4-11(5-2)10-17(6-3)14(18)12-9-16-8-7-13(12)15/h7-9,11H,4-6,10H2,1-3H3. The first kappa shape index (κ1) is 15.0. The zero-order chi connectivity index (χ0) is 13.5. The van der Waals surface area contributed by atoms with Crippen molar-refractivity contribution in [2.75, 3.05) is 13.1 Å². The minimum absolute atomic E-state index is 0.0255. The fraction of sp³-hybridized carbons (Fsp3) is 0.571. The molecule has 0 N–H and O–H groups in total. The predicted octanol–water partition coefficient (Wildman–Crippen LogP) is 3.63. The number of hydrogen-bond acceptors (Lipinski definition) is 2. The SMILES string of the molecule is CCC(CC)CN(CC)C(=O)c1cnccc1Cl. The van der Waals surface area contributed by atoms with Crippen LogP contribution in [0.5, 0.6) is 0 Å². The van der Waals surface area contributed by atoms with Crippen LogP contribution >= 0.6 is 11.6 Å². The van der Waals surface area contributed by atoms with Crippen LogP contribution in [0.15, 0.2) is 18.5 Å². The molecular formula is C14H21ClN2O. The monoisotopic (exact) mass is 268 g/mol. The molecule has 0 fully saturated rings. The summed E-state index contributed by atoms with van der Waals surface area (Å²) in [5.41, 5.74) is 0.493. The van der Waals surface area contributed by atoms with E-state index < -0.39 is 0 Å². The van der Waals surface area contributed by atoms with Crippen molar-refractivity contribution in [1.82, 2.24) is 9.88 Å². The molecular weight excluding hydrogens is 248 g/mol. The quantitative estimate of drug-likeness (QED) is 0.789. The molecule has 0 saturated heterocycles. The number of carbonyl (C=O) groups is 1. The van der Waals surface area contributed by atoms with Gasteiger partial charge >= 0.3 is 0 Å². The number of carbonyl (C=O) groups excluding carboxylic acids is 1. The molecule has 0 radical (unpaired) electrons. The summed E-state index contributed by atoms with van der Waals surface area (Å²) in [4.78, 5) is 18.2. The summed E-state index contributed by atoms with van der Waals surface area (Å²) < 4.78 is 0. The van der Waals surface area contributed by atoms with E-state index in [0.29, 0.717) is 23.0 Å². The Morgan fingerprint density at radius 3 is 2.56 bits per heavy atom. The third-order valence-corrected chi connectivity index (χ3v) is 3.63. The number of rotatable bonds is 6. The second-order valence-corrected chi connectivity index (χ2v) is 4.79. The van der Waals surface area contributed by atoms with Crippen LogP contribution in [-0.2, 0) is 0 Å². The Hall–Kier alpha value is -1.09. The molecule has 4 heteroatoms. The Balaban J connectivity index is 2.83. The lowest BCUT2D eigenvalue weighted by atomic mass is 10.0. The van der Waals surface area contributed by atoms with Crippen LogP contribution in [0.4, 0.5) is 0 Å². The topological polar surface area (TPSA) is 33.2 Å². The fourth-order valence-corrected chi connectivity index (χ4v) is 2.11. The minimum atomic E-state index is -0.0255. The largest absolute Gasteiger partial charge is 0.339 e. The van der Waals surface area contributed by atoms with Gasteiger partial charge in [-0.25, -0.2) is 0 Å². The number of aromatic nitrogens is 1. The van der Waals surface area contributed by atoms with E-state index in [2.05, 4.69) is 18.8 Å². The highest BCUT2D eigenvalue weighted by Gasteiger charge is 2.19. The summed E-state index contributed by atoms with van der Waals surface area (Å²) >= 11 is 6.04. The highest BCUT2D eigenvalue weighted by molar-refractivity contribution is 6.33. The first-order chi connectivity index (χ1) is 8.63. The molecule has 1 heterocycles. The highest BCUT2D eigenvalue weighted by Crippen LogP contribution is 2.18. The van der Waals surface area contributed by atoms with Gasteiger partial charge in [-0.1, -0.05) is 38.3 Å². The van der Waals surface area contributed by atoms with Crippen molar-refractivity contribution in [3.63, 3.8) is 0 Å². The Kier molecular flexibility index (Phi) is 6.13. The molecule has 0 aliphatic heterocycles. The van der Waals surface area contributed by atoms with Crippen LogP contribution in [0.25, 0.3) is 0 Å². The Bertz CT molecular complexity index is 391. The molecule has 1 aromatic rings. The van der Waals surface area contributed by atoms with E-state index in [4.69, 9.17) is 11.6 Å². The molecule has 0 aromatic carbocycles. The third-order valence-electron chi connectivity index (χ3n) is 3.30. The van der Waals surface area contributed by atoms with Crippen LogP contribution in [0.3, 0.4) is 0 Å². The van der Waals surface area contributed by atoms with E-state index in [1.807, 2.05) is 11.8 Å². The van der Waals surface area contributed by atoms with E-state index in [9.17, 15) is 4.79 Å². The molecule has 1 rings (SSSR count). The lowest BCUT2D eigenvalue weighted by Crippen LogP contribution is -2.35. The summed E-state index contributed by atoms with van der Waals surface area (Å²) in [5, 5.41) is 0.470. The first-order valence-electron chi connectivity index (χ1n) is 6.52. The van der Waals surface area contributed by atoms with Crippen molar-refractivity contribution in [3.8, 4) is 0 Å². The van der Waals surface area contributed by atoms with Crippen LogP contribution in [0, 0.1) is 5.92 Å². The van der Waals surface area contributed by atoms with Gasteiger partial charge in [-0.3, -0.25) is 9.78 Å². The molecule has 0 saturated carbocycles. The summed E-state index contributed by atoms with van der Waals surface area (Å²) in [5.74, 6) is 0.520. The van der Waals surface area contributed by atoms with Crippen molar-refractivity contribution in [3.05, 3.63) is 29.0 Å². The molecule has 18 heavy (non-hydrogen) atoms. The normalized spacial score (nSPS) is 10.7. The van der Waals surface area contributed by atoms with Gasteiger partial charge < -0.3 is 4.90 Å². The zero-order valence-electron chi connectivity index (χ0n) is 11.3. The van der Waals surface area contributed by atoms with Gasteiger partial charge in [0, 0.05) is 25.5 Å². The number of halogens is 1. The van der Waals surface area contributed by atoms with E-state index in [1.165, 1.54) is 0 Å². The van der Waals surface area contributed by atoms with Crippen molar-refractivity contribution in [2.45, 2.75) is 33.6 Å². The Morgan fingerprint density at radius 2 is 2.06 bits per heavy atom. The molecule has 100 valence electrons. The maximum Gasteiger partial charge on any atom is 0.256 e. The lowest BCUT2D eigenvalue weighted by Gasteiger charge is -2.25. The molecule has 1 amide bonds. The van der Waals surface area contributed by atoms with E-state index in [-0.39, 0.29) is 5.91 Å². The van der Waals surface area contributed by atoms with Gasteiger partial charge in [0.25, 0.3) is 5.91 Å². The fourth-order valence-electron chi connectivity index (χ4n) is 1.92. The maximum absolute atomic E-state index is 12.4. The van der Waals surface area contributed by atoms with Gasteiger partial charge in [0.2, 0.25) is 0 Å². The zero-order valence-corrected chi connectivity index (χ0v) is 12.1. The van der Waals surface area contributed by atoms with Crippen molar-refractivity contribution < 1.29 is 4.79 Å². The molecule has 0 unspecified atom stereocenters. The van der Waals surface area contributed by atoms with Gasteiger partial charge in [-0.15, -0.1) is 0 Å². The highest BCUT2D eigenvalue weighted by atomic mass is 35.5. The summed E-state index contributed by atoms with van der Waals surface area (Å²) in [7, 11) is 0. The molecule has 0 atom stereocenters. The molecule has 0 aliphatic rings. The Labute approximate surface area is 114 Å². The number of pyridine rings is 1. The predicted molar refractivity (Wildman–Crippen MR) is 74.9 cm³/mol. The second kappa shape index (κ2) is 7.37. The van der Waals surface area contributed by atoms with E-state index in [0.717, 1.165) is 19.4 Å². The van der Waals surface area contributed by atoms with E-state index in [1.54, 1.807) is 18.5 Å². The van der Waals surface area contributed by atoms with Gasteiger partial charge in [0.1, 0.15) is 0 Å². The summed E-state index contributed by atoms with van der Waals surface area (Å²) in [6.07, 6.45) is 5.30. The van der Waals surface area contributed by atoms with Crippen molar-refractivity contribution in [2.24, 2.45) is 5.92 Å². The smallest absolute Gasteiger partial charge is 0.256 e. The molecule has 0 spiro atoms. The second-order valence-electron chi connectivity index (χ2n) is 4.38. The minimum Gasteiger partial charge on any atom is -0.339 e.